The fraction of sp³-hybridized carbons (Fsp3) is 0.0667. The number of hydrogen-bond acceptors (Lipinski definition) is 4. The van der Waals surface area contributed by atoms with Gasteiger partial charge in [-0.3, -0.25) is 4.79 Å². The van der Waals surface area contributed by atoms with Crippen LogP contribution in [0.4, 0.5) is 18.9 Å². The minimum Gasteiger partial charge on any atom is -0.322 e. The Morgan fingerprint density at radius 1 is 1.04 bits per heavy atom. The van der Waals surface area contributed by atoms with Crippen LogP contribution in [0.3, 0.4) is 0 Å². The zero-order valence-electron chi connectivity index (χ0n) is 12.1. The van der Waals surface area contributed by atoms with Gasteiger partial charge in [0.05, 0.1) is 5.56 Å². The van der Waals surface area contributed by atoms with Crippen molar-refractivity contribution in [1.82, 2.24) is 20.6 Å². The molecule has 0 spiro atoms. The van der Waals surface area contributed by atoms with E-state index in [1.54, 1.807) is 24.3 Å². The Hall–Kier alpha value is -3.23. The maximum Gasteiger partial charge on any atom is 0.258 e. The van der Waals surface area contributed by atoms with Crippen molar-refractivity contribution in [2.24, 2.45) is 0 Å². The van der Waals surface area contributed by atoms with Crippen molar-refractivity contribution in [3.63, 3.8) is 0 Å². The first kappa shape index (κ1) is 15.7. The molecule has 6 nitrogen and oxygen atoms in total. The highest BCUT2D eigenvalue weighted by Gasteiger charge is 2.18. The van der Waals surface area contributed by atoms with E-state index < -0.39 is 28.9 Å². The molecule has 0 fully saturated rings. The first-order valence-corrected chi connectivity index (χ1v) is 6.80. The van der Waals surface area contributed by atoms with E-state index in [4.69, 9.17) is 0 Å². The average Bonchev–Trinajstić information content (AvgIpc) is 3.07. The number of anilines is 1. The molecule has 0 aliphatic rings. The van der Waals surface area contributed by atoms with E-state index >= 15 is 0 Å². The summed E-state index contributed by atoms with van der Waals surface area (Å²) in [7, 11) is 0. The summed E-state index contributed by atoms with van der Waals surface area (Å²) in [6.07, 6.45) is 0.447. The molecule has 3 aromatic rings. The molecule has 0 saturated carbocycles. The summed E-state index contributed by atoms with van der Waals surface area (Å²) in [4.78, 5) is 12.0. The number of aromatic nitrogens is 4. The predicted molar refractivity (Wildman–Crippen MR) is 77.7 cm³/mol. The van der Waals surface area contributed by atoms with Crippen molar-refractivity contribution < 1.29 is 18.0 Å². The van der Waals surface area contributed by atoms with Crippen LogP contribution < -0.4 is 5.32 Å². The van der Waals surface area contributed by atoms with E-state index in [0.717, 1.165) is 11.6 Å². The van der Waals surface area contributed by atoms with E-state index in [2.05, 4.69) is 25.9 Å². The topological polar surface area (TPSA) is 83.6 Å². The quantitative estimate of drug-likeness (QED) is 0.719. The lowest BCUT2D eigenvalue weighted by Crippen LogP contribution is -2.15. The van der Waals surface area contributed by atoms with Crippen LogP contribution in [0.15, 0.2) is 36.4 Å². The Labute approximate surface area is 133 Å². The summed E-state index contributed by atoms with van der Waals surface area (Å²) in [6, 6.07) is 8.19. The third-order valence-corrected chi connectivity index (χ3v) is 3.24. The highest BCUT2D eigenvalue weighted by molar-refractivity contribution is 6.04. The standard InChI is InChI=1S/C15H10F3N5O/c16-11-6-5-10(13(17)14(11)18)15(24)19-9-3-1-8(2-4-9)7-12-20-22-23-21-12/h1-6H,7H2,(H,19,24)(H,20,21,22,23). The molecule has 0 aliphatic carbocycles. The number of nitrogens with one attached hydrogen (secondary N) is 2. The molecule has 0 radical (unpaired) electrons. The van der Waals surface area contributed by atoms with Gasteiger partial charge in [0.2, 0.25) is 0 Å². The summed E-state index contributed by atoms with van der Waals surface area (Å²) >= 11 is 0. The number of halogens is 3. The van der Waals surface area contributed by atoms with Gasteiger partial charge in [-0.25, -0.2) is 13.2 Å². The van der Waals surface area contributed by atoms with E-state index in [9.17, 15) is 18.0 Å². The largest absolute Gasteiger partial charge is 0.322 e. The molecule has 2 N–H and O–H groups in total. The Morgan fingerprint density at radius 2 is 1.79 bits per heavy atom. The molecule has 0 bridgehead atoms. The summed E-state index contributed by atoms with van der Waals surface area (Å²) in [5, 5.41) is 15.8. The molecular weight excluding hydrogens is 323 g/mol. The number of benzene rings is 2. The van der Waals surface area contributed by atoms with Crippen LogP contribution in [0.1, 0.15) is 21.7 Å². The lowest BCUT2D eigenvalue weighted by molar-refractivity contribution is 0.102. The van der Waals surface area contributed by atoms with Gasteiger partial charge in [-0.15, -0.1) is 10.2 Å². The van der Waals surface area contributed by atoms with Gasteiger partial charge in [0.25, 0.3) is 5.91 Å². The molecule has 3 rings (SSSR count). The number of aromatic amines is 1. The van der Waals surface area contributed by atoms with Gasteiger partial charge in [0.15, 0.2) is 23.3 Å². The fourth-order valence-electron chi connectivity index (χ4n) is 2.05. The summed E-state index contributed by atoms with van der Waals surface area (Å²) in [6.45, 7) is 0. The van der Waals surface area contributed by atoms with Crippen LogP contribution in [-0.4, -0.2) is 26.5 Å². The number of H-pyrrole nitrogens is 1. The van der Waals surface area contributed by atoms with Crippen LogP contribution in [-0.2, 0) is 6.42 Å². The van der Waals surface area contributed by atoms with Gasteiger partial charge >= 0.3 is 0 Å². The zero-order chi connectivity index (χ0) is 17.1. The maximum absolute atomic E-state index is 13.6. The molecule has 24 heavy (non-hydrogen) atoms. The third-order valence-electron chi connectivity index (χ3n) is 3.24. The van der Waals surface area contributed by atoms with Gasteiger partial charge in [-0.05, 0) is 29.8 Å². The molecule has 122 valence electrons. The highest BCUT2D eigenvalue weighted by atomic mass is 19.2. The molecule has 1 amide bonds. The minimum absolute atomic E-state index is 0.376. The van der Waals surface area contributed by atoms with Crippen molar-refractivity contribution in [3.05, 3.63) is 70.8 Å². The molecule has 9 heteroatoms. The number of rotatable bonds is 4. The molecule has 0 atom stereocenters. The monoisotopic (exact) mass is 333 g/mol. The van der Waals surface area contributed by atoms with Crippen molar-refractivity contribution in [3.8, 4) is 0 Å². The number of hydrogen-bond donors (Lipinski definition) is 2. The lowest BCUT2D eigenvalue weighted by Gasteiger charge is -2.07. The number of tetrazole rings is 1. The smallest absolute Gasteiger partial charge is 0.258 e. The Bertz CT molecular complexity index is 866. The third kappa shape index (κ3) is 3.24. The summed E-state index contributed by atoms with van der Waals surface area (Å²) < 4.78 is 39.7. The van der Waals surface area contributed by atoms with Crippen LogP contribution in [0.25, 0.3) is 0 Å². The number of nitrogens with zero attached hydrogens (tertiary/aromatic N) is 3. The van der Waals surface area contributed by atoms with Crippen molar-refractivity contribution in [1.29, 1.82) is 0 Å². The van der Waals surface area contributed by atoms with Crippen molar-refractivity contribution >= 4 is 11.6 Å². The van der Waals surface area contributed by atoms with Crippen LogP contribution in [0.2, 0.25) is 0 Å². The van der Waals surface area contributed by atoms with Gasteiger partial charge in [-0.1, -0.05) is 17.3 Å². The van der Waals surface area contributed by atoms with Crippen LogP contribution in [0, 0.1) is 17.5 Å². The Morgan fingerprint density at radius 3 is 2.46 bits per heavy atom. The molecule has 0 aliphatic heterocycles. The minimum atomic E-state index is -1.68. The molecule has 1 heterocycles. The molecule has 1 aromatic heterocycles. The molecule has 0 unspecified atom stereocenters. The first-order valence-electron chi connectivity index (χ1n) is 6.80. The number of amides is 1. The van der Waals surface area contributed by atoms with Gasteiger partial charge in [0.1, 0.15) is 0 Å². The molecule has 2 aromatic carbocycles. The van der Waals surface area contributed by atoms with Gasteiger partial charge < -0.3 is 5.32 Å². The van der Waals surface area contributed by atoms with E-state index in [1.165, 1.54) is 0 Å². The number of carbonyl (C=O) groups excluding carboxylic acids is 1. The first-order chi connectivity index (χ1) is 11.5. The molecule has 0 saturated heterocycles. The second-order valence-corrected chi connectivity index (χ2v) is 4.88. The summed E-state index contributed by atoms with van der Waals surface area (Å²) in [5.74, 6) is -4.93. The van der Waals surface area contributed by atoms with E-state index in [-0.39, 0.29) is 0 Å². The lowest BCUT2D eigenvalue weighted by atomic mass is 10.1. The summed E-state index contributed by atoms with van der Waals surface area (Å²) in [5.41, 5.74) is 0.666. The maximum atomic E-state index is 13.6. The highest BCUT2D eigenvalue weighted by Crippen LogP contribution is 2.18. The van der Waals surface area contributed by atoms with E-state index in [1.807, 2.05) is 0 Å². The average molecular weight is 333 g/mol. The second kappa shape index (κ2) is 6.49. The van der Waals surface area contributed by atoms with Crippen LogP contribution in [0.5, 0.6) is 0 Å². The van der Waals surface area contributed by atoms with Crippen molar-refractivity contribution in [2.45, 2.75) is 6.42 Å². The van der Waals surface area contributed by atoms with E-state index in [0.29, 0.717) is 24.0 Å². The van der Waals surface area contributed by atoms with Crippen LogP contribution >= 0.6 is 0 Å². The van der Waals surface area contributed by atoms with Gasteiger partial charge in [0, 0.05) is 12.1 Å². The SMILES string of the molecule is O=C(Nc1ccc(Cc2nn[nH]n2)cc1)c1ccc(F)c(F)c1F. The van der Waals surface area contributed by atoms with Crippen molar-refractivity contribution in [2.75, 3.05) is 5.32 Å². The Balaban J connectivity index is 1.72. The normalized spacial score (nSPS) is 10.6. The van der Waals surface area contributed by atoms with Gasteiger partial charge in [-0.2, -0.15) is 5.21 Å². The fourth-order valence-corrected chi connectivity index (χ4v) is 2.05. The Kier molecular flexibility index (Phi) is 4.23. The zero-order valence-corrected chi connectivity index (χ0v) is 12.1. The second-order valence-electron chi connectivity index (χ2n) is 4.88. The predicted octanol–water partition coefficient (Wildman–Crippen LogP) is 2.46. The number of carbonyl (C=O) groups is 1. The molecular formula is C15H10F3N5O.